The van der Waals surface area contributed by atoms with Crippen LogP contribution < -0.4 is 10.1 Å². The smallest absolute Gasteiger partial charge is 0.150 e. The summed E-state index contributed by atoms with van der Waals surface area (Å²) in [7, 11) is -2.78. The van der Waals surface area contributed by atoms with Crippen LogP contribution in [0, 0.1) is 5.92 Å². The Hall–Kier alpha value is -1.07. The summed E-state index contributed by atoms with van der Waals surface area (Å²) in [6.45, 7) is 6.87. The average Bonchev–Trinajstić information content (AvgIpc) is 2.76. The van der Waals surface area contributed by atoms with Crippen LogP contribution in [0.4, 0.5) is 0 Å². The quantitative estimate of drug-likeness (QED) is 0.877. The molecule has 1 aliphatic rings. The van der Waals surface area contributed by atoms with Gasteiger partial charge in [-0.05, 0) is 57.4 Å². The van der Waals surface area contributed by atoms with E-state index in [4.69, 9.17) is 4.74 Å². The lowest BCUT2D eigenvalue weighted by Gasteiger charge is -2.17. The van der Waals surface area contributed by atoms with Crippen molar-refractivity contribution in [3.05, 3.63) is 29.8 Å². The Bertz CT molecular complexity index is 551. The van der Waals surface area contributed by atoms with Crippen molar-refractivity contribution in [3.63, 3.8) is 0 Å². The molecule has 118 valence electrons. The first-order valence-electron chi connectivity index (χ1n) is 7.56. The molecule has 2 unspecified atom stereocenters. The van der Waals surface area contributed by atoms with Crippen molar-refractivity contribution in [3.8, 4) is 5.75 Å². The van der Waals surface area contributed by atoms with Crippen LogP contribution in [0.2, 0.25) is 0 Å². The molecule has 1 aromatic rings. The van der Waals surface area contributed by atoms with E-state index in [1.54, 1.807) is 0 Å². The summed E-state index contributed by atoms with van der Waals surface area (Å²) in [6.07, 6.45) is 0.958. The first-order chi connectivity index (χ1) is 9.85. The fraction of sp³-hybridized carbons (Fsp3) is 0.625. The number of rotatable bonds is 6. The van der Waals surface area contributed by atoms with Crippen LogP contribution in [0.5, 0.6) is 5.75 Å². The van der Waals surface area contributed by atoms with Gasteiger partial charge in [-0.1, -0.05) is 12.1 Å². The SMILES string of the molecule is CC(C)Oc1ccc(C(C)NCC2CCS(=O)(=O)C2)cc1. The van der Waals surface area contributed by atoms with E-state index < -0.39 is 9.84 Å². The molecule has 1 aromatic carbocycles. The molecule has 5 heteroatoms. The second kappa shape index (κ2) is 6.79. The van der Waals surface area contributed by atoms with Crippen molar-refractivity contribution in [1.82, 2.24) is 5.32 Å². The van der Waals surface area contributed by atoms with Crippen molar-refractivity contribution in [2.24, 2.45) is 5.92 Å². The van der Waals surface area contributed by atoms with Crippen LogP contribution in [0.3, 0.4) is 0 Å². The molecule has 0 radical (unpaired) electrons. The lowest BCUT2D eigenvalue weighted by Crippen LogP contribution is -2.26. The number of nitrogens with one attached hydrogen (secondary N) is 1. The maximum absolute atomic E-state index is 11.4. The zero-order valence-electron chi connectivity index (χ0n) is 13.0. The van der Waals surface area contributed by atoms with E-state index in [2.05, 4.69) is 24.4 Å². The average molecular weight is 311 g/mol. The largest absolute Gasteiger partial charge is 0.491 e. The number of benzene rings is 1. The molecule has 1 heterocycles. The Morgan fingerprint density at radius 3 is 2.43 bits per heavy atom. The van der Waals surface area contributed by atoms with Crippen molar-refractivity contribution < 1.29 is 13.2 Å². The van der Waals surface area contributed by atoms with E-state index in [0.29, 0.717) is 11.5 Å². The topological polar surface area (TPSA) is 55.4 Å². The molecule has 0 bridgehead atoms. The minimum atomic E-state index is -2.78. The molecule has 0 aliphatic carbocycles. The Labute approximate surface area is 127 Å². The molecule has 0 amide bonds. The Morgan fingerprint density at radius 2 is 1.90 bits per heavy atom. The summed E-state index contributed by atoms with van der Waals surface area (Å²) in [5, 5.41) is 3.43. The minimum absolute atomic E-state index is 0.177. The minimum Gasteiger partial charge on any atom is -0.491 e. The predicted octanol–water partition coefficient (Wildman–Crippen LogP) is 2.56. The number of sulfone groups is 1. The van der Waals surface area contributed by atoms with Crippen molar-refractivity contribution in [2.45, 2.75) is 39.3 Å². The maximum atomic E-state index is 11.4. The van der Waals surface area contributed by atoms with Gasteiger partial charge in [0.1, 0.15) is 5.75 Å². The van der Waals surface area contributed by atoms with Crippen LogP contribution in [-0.2, 0) is 9.84 Å². The van der Waals surface area contributed by atoms with E-state index in [9.17, 15) is 8.42 Å². The van der Waals surface area contributed by atoms with Gasteiger partial charge in [0.2, 0.25) is 0 Å². The molecular weight excluding hydrogens is 286 g/mol. The summed E-state index contributed by atoms with van der Waals surface area (Å²) in [4.78, 5) is 0. The van der Waals surface area contributed by atoms with E-state index in [1.165, 1.54) is 5.56 Å². The summed E-state index contributed by atoms with van der Waals surface area (Å²) in [6, 6.07) is 8.28. The van der Waals surface area contributed by atoms with Gasteiger partial charge in [-0.2, -0.15) is 0 Å². The van der Waals surface area contributed by atoms with Gasteiger partial charge < -0.3 is 10.1 Å². The highest BCUT2D eigenvalue weighted by Gasteiger charge is 2.27. The van der Waals surface area contributed by atoms with Gasteiger partial charge in [0, 0.05) is 6.04 Å². The van der Waals surface area contributed by atoms with E-state index >= 15 is 0 Å². The van der Waals surface area contributed by atoms with Crippen molar-refractivity contribution in [2.75, 3.05) is 18.1 Å². The Balaban J connectivity index is 1.84. The molecule has 2 atom stereocenters. The van der Waals surface area contributed by atoms with E-state index in [1.807, 2.05) is 26.0 Å². The monoisotopic (exact) mass is 311 g/mol. The number of hydrogen-bond donors (Lipinski definition) is 1. The zero-order valence-corrected chi connectivity index (χ0v) is 13.8. The van der Waals surface area contributed by atoms with Crippen molar-refractivity contribution >= 4 is 9.84 Å². The van der Waals surface area contributed by atoms with Crippen LogP contribution >= 0.6 is 0 Å². The number of ether oxygens (including phenoxy) is 1. The van der Waals surface area contributed by atoms with Crippen LogP contribution in [-0.4, -0.2) is 32.6 Å². The number of hydrogen-bond acceptors (Lipinski definition) is 4. The van der Waals surface area contributed by atoms with Gasteiger partial charge in [-0.25, -0.2) is 8.42 Å². The standard InChI is InChI=1S/C16H25NO3S/c1-12(2)20-16-6-4-15(5-7-16)13(3)17-10-14-8-9-21(18,19)11-14/h4-7,12-14,17H,8-11H2,1-3H3. The highest BCUT2D eigenvalue weighted by molar-refractivity contribution is 7.91. The summed E-state index contributed by atoms with van der Waals surface area (Å²) in [5.74, 6) is 1.80. The van der Waals surface area contributed by atoms with Gasteiger partial charge in [-0.3, -0.25) is 0 Å². The van der Waals surface area contributed by atoms with Crippen molar-refractivity contribution in [1.29, 1.82) is 0 Å². The lowest BCUT2D eigenvalue weighted by molar-refractivity contribution is 0.242. The molecule has 21 heavy (non-hydrogen) atoms. The van der Waals surface area contributed by atoms with E-state index in [0.717, 1.165) is 18.7 Å². The van der Waals surface area contributed by atoms with Crippen LogP contribution in [0.15, 0.2) is 24.3 Å². The molecule has 0 spiro atoms. The van der Waals surface area contributed by atoms with Gasteiger partial charge in [-0.15, -0.1) is 0 Å². The Morgan fingerprint density at radius 1 is 1.24 bits per heavy atom. The fourth-order valence-electron chi connectivity index (χ4n) is 2.60. The molecule has 1 fully saturated rings. The molecule has 1 saturated heterocycles. The fourth-order valence-corrected chi connectivity index (χ4v) is 4.46. The third-order valence-electron chi connectivity index (χ3n) is 3.79. The Kier molecular flexibility index (Phi) is 5.27. The highest BCUT2D eigenvalue weighted by Crippen LogP contribution is 2.21. The molecule has 4 nitrogen and oxygen atoms in total. The predicted molar refractivity (Wildman–Crippen MR) is 85.4 cm³/mol. The normalized spacial score (nSPS) is 22.4. The first-order valence-corrected chi connectivity index (χ1v) is 9.38. The maximum Gasteiger partial charge on any atom is 0.150 e. The second-order valence-electron chi connectivity index (χ2n) is 6.13. The third-order valence-corrected chi connectivity index (χ3v) is 5.63. The van der Waals surface area contributed by atoms with Gasteiger partial charge in [0.25, 0.3) is 0 Å². The summed E-state index contributed by atoms with van der Waals surface area (Å²) < 4.78 is 28.5. The summed E-state index contributed by atoms with van der Waals surface area (Å²) >= 11 is 0. The molecule has 1 aliphatic heterocycles. The summed E-state index contributed by atoms with van der Waals surface area (Å²) in [5.41, 5.74) is 1.19. The van der Waals surface area contributed by atoms with Crippen LogP contribution in [0.1, 0.15) is 38.8 Å². The van der Waals surface area contributed by atoms with Gasteiger partial charge >= 0.3 is 0 Å². The molecule has 2 rings (SSSR count). The molecule has 0 saturated carbocycles. The highest BCUT2D eigenvalue weighted by atomic mass is 32.2. The molecule has 1 N–H and O–H groups in total. The molecular formula is C16H25NO3S. The second-order valence-corrected chi connectivity index (χ2v) is 8.36. The first kappa shape index (κ1) is 16.3. The lowest BCUT2D eigenvalue weighted by atomic mass is 10.1. The van der Waals surface area contributed by atoms with Crippen LogP contribution in [0.25, 0.3) is 0 Å². The van der Waals surface area contributed by atoms with Gasteiger partial charge in [0.15, 0.2) is 9.84 Å². The molecule has 0 aromatic heterocycles. The van der Waals surface area contributed by atoms with E-state index in [-0.39, 0.29) is 18.1 Å². The third kappa shape index (κ3) is 5.00. The van der Waals surface area contributed by atoms with Gasteiger partial charge in [0.05, 0.1) is 17.6 Å². The zero-order chi connectivity index (χ0) is 15.5.